The Morgan fingerprint density at radius 1 is 0.644 bits per heavy atom. The maximum absolute atomic E-state index is 12.5. The highest BCUT2D eigenvalue weighted by molar-refractivity contribution is 6.21. The van der Waals surface area contributed by atoms with E-state index < -0.39 is 110 Å². The standard InChI is InChI=1S/C41H69NO17/c1-42-25(23-28(45)46)30(47)29(38(42)53)26(44)21-19-17-15-13-11-9-7-5-3-2-4-6-8-10-12-14-16-18-20-22-56-40-35(52)33(50)36(37(59-40)39(54)55)58-41-34(51)32(49)31(48)27(24-43)57-41/h25,27,31-37,40-41,43,47-52H,2-24H2,1H3,(H,45,46)(H,54,55)/t25-,27-,31-,32+,33-,34-,35-,36-,37+,40-,41+/m1/s1. The summed E-state index contributed by atoms with van der Waals surface area (Å²) in [6, 6.07) is -0.987. The molecule has 3 heterocycles. The summed E-state index contributed by atoms with van der Waals surface area (Å²) in [6.45, 7) is -0.569. The molecule has 0 spiro atoms. The molecule has 1 amide bonds. The monoisotopic (exact) mass is 847 g/mol. The van der Waals surface area contributed by atoms with Crippen LogP contribution in [-0.2, 0) is 38.1 Å². The van der Waals surface area contributed by atoms with Crippen molar-refractivity contribution in [1.29, 1.82) is 0 Å². The fraction of sp³-hybridized carbons (Fsp3) is 0.854. The Hall–Kier alpha value is -2.78. The summed E-state index contributed by atoms with van der Waals surface area (Å²) in [4.78, 5) is 48.9. The van der Waals surface area contributed by atoms with Crippen molar-refractivity contribution in [3.63, 3.8) is 0 Å². The number of rotatable bonds is 30. The van der Waals surface area contributed by atoms with E-state index in [0.717, 1.165) is 56.3 Å². The van der Waals surface area contributed by atoms with Crippen LogP contribution in [0.5, 0.6) is 0 Å². The van der Waals surface area contributed by atoms with Crippen molar-refractivity contribution in [2.24, 2.45) is 0 Å². The van der Waals surface area contributed by atoms with Gasteiger partial charge >= 0.3 is 11.9 Å². The van der Waals surface area contributed by atoms with Gasteiger partial charge in [0.2, 0.25) is 0 Å². The number of ketones is 1. The molecule has 0 aliphatic carbocycles. The lowest BCUT2D eigenvalue weighted by Crippen LogP contribution is -2.65. The van der Waals surface area contributed by atoms with Crippen molar-refractivity contribution < 1.29 is 84.1 Å². The van der Waals surface area contributed by atoms with E-state index in [4.69, 9.17) is 24.1 Å². The third kappa shape index (κ3) is 15.6. The summed E-state index contributed by atoms with van der Waals surface area (Å²) in [5.74, 6) is -4.15. The molecule has 9 N–H and O–H groups in total. The molecule has 0 unspecified atom stereocenters. The first kappa shape index (κ1) is 50.6. The van der Waals surface area contributed by atoms with E-state index in [1.165, 1.54) is 64.8 Å². The van der Waals surface area contributed by atoms with Crippen LogP contribution in [0.15, 0.2) is 11.3 Å². The van der Waals surface area contributed by atoms with Crippen molar-refractivity contribution in [2.75, 3.05) is 20.3 Å². The normalized spacial score (nSPS) is 30.0. The van der Waals surface area contributed by atoms with E-state index in [-0.39, 0.29) is 18.6 Å². The lowest BCUT2D eigenvalue weighted by atomic mass is 9.97. The number of likely N-dealkylation sites (N-methyl/N-ethyl adjacent to an activating group) is 1. The second kappa shape index (κ2) is 26.5. The SMILES string of the molecule is CN1C(=O)C(C(=O)CCCCCCCCCCCCCCCCCCCCCO[C@@H]2O[C@H](C(=O)O)[C@H](O[C@@H]3O[C@H](CO)[C@@H](O)[C@H](O)[C@H]3O)[C@H](O)[C@H]2O)=C(O)[C@H]1CC(=O)O. The van der Waals surface area contributed by atoms with Gasteiger partial charge in [-0.1, -0.05) is 109 Å². The number of carboxylic acid groups (broad SMARTS) is 2. The molecule has 0 radical (unpaired) electrons. The number of aliphatic hydroxyl groups is 7. The van der Waals surface area contributed by atoms with Crippen LogP contribution in [0.1, 0.15) is 135 Å². The van der Waals surface area contributed by atoms with E-state index >= 15 is 0 Å². The van der Waals surface area contributed by atoms with Gasteiger partial charge in [0.25, 0.3) is 5.91 Å². The summed E-state index contributed by atoms with van der Waals surface area (Å²) in [6.07, 6.45) is 3.29. The van der Waals surface area contributed by atoms with Crippen molar-refractivity contribution in [2.45, 2.75) is 202 Å². The smallest absolute Gasteiger partial charge is 0.335 e. The quantitative estimate of drug-likeness (QED) is 0.0370. The average molecular weight is 848 g/mol. The Kier molecular flexibility index (Phi) is 22.7. The summed E-state index contributed by atoms with van der Waals surface area (Å²) >= 11 is 0. The second-order valence-corrected chi connectivity index (χ2v) is 16.1. The Labute approximate surface area is 346 Å². The van der Waals surface area contributed by atoms with E-state index in [1.54, 1.807) is 0 Å². The van der Waals surface area contributed by atoms with Crippen LogP contribution in [0.3, 0.4) is 0 Å². The Morgan fingerprint density at radius 2 is 1.12 bits per heavy atom. The van der Waals surface area contributed by atoms with Crippen LogP contribution in [0.2, 0.25) is 0 Å². The van der Waals surface area contributed by atoms with Gasteiger partial charge in [-0.15, -0.1) is 0 Å². The molecule has 3 rings (SSSR count). The summed E-state index contributed by atoms with van der Waals surface area (Å²) in [5, 5.41) is 89.9. The summed E-state index contributed by atoms with van der Waals surface area (Å²) < 4.78 is 21.6. The zero-order chi connectivity index (χ0) is 43.5. The van der Waals surface area contributed by atoms with Crippen molar-refractivity contribution in [3.8, 4) is 0 Å². The van der Waals surface area contributed by atoms with Gasteiger partial charge in [0, 0.05) is 20.1 Å². The predicted octanol–water partition coefficient (Wildman–Crippen LogP) is 2.22. The van der Waals surface area contributed by atoms with Crippen LogP contribution in [0, 0.1) is 0 Å². The van der Waals surface area contributed by atoms with Gasteiger partial charge < -0.3 is 69.8 Å². The fourth-order valence-corrected chi connectivity index (χ4v) is 7.82. The van der Waals surface area contributed by atoms with E-state index in [2.05, 4.69) is 0 Å². The number of carbonyl (C=O) groups is 4. The first-order valence-corrected chi connectivity index (χ1v) is 21.5. The van der Waals surface area contributed by atoms with E-state index in [1.807, 2.05) is 0 Å². The van der Waals surface area contributed by atoms with Crippen molar-refractivity contribution in [1.82, 2.24) is 4.90 Å². The molecule has 11 atom stereocenters. The minimum atomic E-state index is -1.84. The Balaban J connectivity index is 1.11. The van der Waals surface area contributed by atoms with Crippen LogP contribution < -0.4 is 0 Å². The number of nitrogens with zero attached hydrogens (tertiary/aromatic N) is 1. The number of hydrogen-bond acceptors (Lipinski definition) is 15. The number of Topliss-reactive ketones (excluding diaryl/α,β-unsaturated/α-hetero) is 1. The number of aliphatic carboxylic acids is 2. The van der Waals surface area contributed by atoms with Crippen LogP contribution in [0.25, 0.3) is 0 Å². The number of ether oxygens (including phenoxy) is 4. The topological polar surface area (TPSA) is 291 Å². The molecule has 2 saturated heterocycles. The molecule has 18 heteroatoms. The maximum Gasteiger partial charge on any atom is 0.335 e. The third-order valence-corrected chi connectivity index (χ3v) is 11.5. The third-order valence-electron chi connectivity index (χ3n) is 11.5. The van der Waals surface area contributed by atoms with Crippen LogP contribution in [0.4, 0.5) is 0 Å². The van der Waals surface area contributed by atoms with E-state index in [0.29, 0.717) is 12.8 Å². The van der Waals surface area contributed by atoms with Gasteiger partial charge in [-0.2, -0.15) is 0 Å². The van der Waals surface area contributed by atoms with Crippen LogP contribution in [-0.4, -0.2) is 162 Å². The molecular formula is C41H69NO17. The maximum atomic E-state index is 12.5. The predicted molar refractivity (Wildman–Crippen MR) is 209 cm³/mol. The van der Waals surface area contributed by atoms with Gasteiger partial charge in [-0.3, -0.25) is 14.4 Å². The van der Waals surface area contributed by atoms with Gasteiger partial charge in [0.15, 0.2) is 24.5 Å². The highest BCUT2D eigenvalue weighted by atomic mass is 16.7. The van der Waals surface area contributed by atoms with Gasteiger partial charge in [0.05, 0.1) is 13.0 Å². The molecule has 0 aromatic rings. The molecule has 3 aliphatic rings. The number of carbonyl (C=O) groups excluding carboxylic acids is 2. The van der Waals surface area contributed by atoms with Crippen molar-refractivity contribution >= 4 is 23.6 Å². The largest absolute Gasteiger partial charge is 0.509 e. The molecule has 0 saturated carbocycles. The average Bonchev–Trinajstić information content (AvgIpc) is 3.41. The first-order valence-electron chi connectivity index (χ1n) is 21.5. The van der Waals surface area contributed by atoms with Gasteiger partial charge in [-0.05, 0) is 12.8 Å². The zero-order valence-corrected chi connectivity index (χ0v) is 34.4. The Morgan fingerprint density at radius 3 is 1.59 bits per heavy atom. The molecule has 59 heavy (non-hydrogen) atoms. The number of hydrogen-bond donors (Lipinski definition) is 9. The summed E-state index contributed by atoms with van der Waals surface area (Å²) in [7, 11) is 1.39. The minimum Gasteiger partial charge on any atom is -0.509 e. The molecule has 340 valence electrons. The first-order chi connectivity index (χ1) is 28.2. The summed E-state index contributed by atoms with van der Waals surface area (Å²) in [5.41, 5.74) is -0.265. The number of aliphatic hydroxyl groups excluding tert-OH is 7. The molecule has 0 bridgehead atoms. The van der Waals surface area contributed by atoms with Gasteiger partial charge in [-0.25, -0.2) is 4.79 Å². The van der Waals surface area contributed by atoms with Crippen LogP contribution >= 0.6 is 0 Å². The highest BCUT2D eigenvalue weighted by Crippen LogP contribution is 2.31. The molecule has 0 aromatic carbocycles. The minimum absolute atomic E-state index is 0.164. The highest BCUT2D eigenvalue weighted by Gasteiger charge is 2.53. The molecule has 18 nitrogen and oxygen atoms in total. The molecule has 0 aromatic heterocycles. The second-order valence-electron chi connectivity index (χ2n) is 16.1. The van der Waals surface area contributed by atoms with Gasteiger partial charge in [0.1, 0.15) is 60.1 Å². The molecule has 3 aliphatic heterocycles. The lowest BCUT2D eigenvalue weighted by molar-refractivity contribution is -0.354. The Bertz CT molecular complexity index is 1330. The zero-order valence-electron chi connectivity index (χ0n) is 34.4. The molecule has 2 fully saturated rings. The number of unbranched alkanes of at least 4 members (excludes halogenated alkanes) is 18. The number of carboxylic acids is 2. The number of amides is 1. The lowest BCUT2D eigenvalue weighted by Gasteiger charge is -2.45. The fourth-order valence-electron chi connectivity index (χ4n) is 7.82. The van der Waals surface area contributed by atoms with E-state index in [9.17, 15) is 60.0 Å². The molecular weight excluding hydrogens is 778 g/mol. The van der Waals surface area contributed by atoms with Crippen molar-refractivity contribution in [3.05, 3.63) is 11.3 Å².